The molecule has 1 heterocycles. The Morgan fingerprint density at radius 1 is 1.14 bits per heavy atom. The van der Waals surface area contributed by atoms with Crippen molar-refractivity contribution in [1.82, 2.24) is 9.88 Å². The van der Waals surface area contributed by atoms with Gasteiger partial charge in [0.05, 0.1) is 15.8 Å². The van der Waals surface area contributed by atoms with Crippen molar-refractivity contribution in [3.05, 3.63) is 58.3 Å². The van der Waals surface area contributed by atoms with Gasteiger partial charge >= 0.3 is 0 Å². The molecule has 0 spiro atoms. The maximum absolute atomic E-state index is 12.6. The minimum Gasteiger partial charge on any atom is -0.345 e. The van der Waals surface area contributed by atoms with E-state index in [1.165, 1.54) is 19.3 Å². The van der Waals surface area contributed by atoms with Gasteiger partial charge in [-0.15, -0.1) is 23.5 Å². The van der Waals surface area contributed by atoms with Crippen molar-refractivity contribution in [3.8, 4) is 0 Å². The van der Waals surface area contributed by atoms with Crippen molar-refractivity contribution in [1.29, 1.82) is 0 Å². The summed E-state index contributed by atoms with van der Waals surface area (Å²) in [7, 11) is 1.88. The van der Waals surface area contributed by atoms with Crippen LogP contribution in [0.1, 0.15) is 31.4 Å². The lowest BCUT2D eigenvalue weighted by molar-refractivity contribution is -0.127. The van der Waals surface area contributed by atoms with Crippen LogP contribution in [0, 0.1) is 0 Å². The lowest BCUT2D eigenvalue weighted by Gasteiger charge is -2.31. The molecular weight excluding hydrogens is 443 g/mol. The first kappa shape index (κ1) is 22.8. The number of hydrogen-bond acceptors (Lipinski definition) is 4. The van der Waals surface area contributed by atoms with Crippen LogP contribution in [0.25, 0.3) is 0 Å². The fourth-order valence-corrected chi connectivity index (χ4v) is 6.64. The second-order valence-electron chi connectivity index (χ2n) is 7.25. The first-order valence-electron chi connectivity index (χ1n) is 9.90. The highest BCUT2D eigenvalue weighted by atomic mass is 35.5. The zero-order valence-electron chi connectivity index (χ0n) is 16.5. The minimum absolute atomic E-state index is 0.190. The number of amides is 1. The van der Waals surface area contributed by atoms with Gasteiger partial charge in [0.25, 0.3) is 0 Å². The molecule has 2 aromatic rings. The summed E-state index contributed by atoms with van der Waals surface area (Å²) in [6.07, 6.45) is 7.39. The molecule has 0 bridgehead atoms. The molecule has 3 nitrogen and oxygen atoms in total. The molecule has 1 aliphatic rings. The lowest BCUT2D eigenvalue weighted by Crippen LogP contribution is -2.32. The molecule has 1 aliphatic carbocycles. The number of benzene rings is 1. The Bertz CT molecular complexity index is 807. The number of thioether (sulfide) groups is 2. The van der Waals surface area contributed by atoms with Crippen LogP contribution in [-0.2, 0) is 11.2 Å². The van der Waals surface area contributed by atoms with Crippen LogP contribution in [0.15, 0.2) is 47.5 Å². The molecule has 0 aliphatic heterocycles. The van der Waals surface area contributed by atoms with E-state index in [4.69, 9.17) is 23.2 Å². The third kappa shape index (κ3) is 7.09. The second kappa shape index (κ2) is 11.5. The van der Waals surface area contributed by atoms with E-state index in [0.29, 0.717) is 32.8 Å². The highest BCUT2D eigenvalue weighted by Crippen LogP contribution is 2.40. The molecule has 0 N–H and O–H groups in total. The Balaban J connectivity index is 1.49. The molecule has 1 aromatic carbocycles. The first-order chi connectivity index (χ1) is 14.0. The van der Waals surface area contributed by atoms with E-state index in [1.54, 1.807) is 18.0 Å². The largest absolute Gasteiger partial charge is 0.345 e. The van der Waals surface area contributed by atoms with Crippen LogP contribution in [0.2, 0.25) is 10.0 Å². The molecule has 156 valence electrons. The van der Waals surface area contributed by atoms with Crippen LogP contribution >= 0.6 is 46.7 Å². The average molecular weight is 470 g/mol. The first-order valence-corrected chi connectivity index (χ1v) is 12.6. The molecule has 1 amide bonds. The molecule has 1 aromatic heterocycles. The number of carbonyl (C=O) groups is 1. The number of carbonyl (C=O) groups excluding carboxylic acids is 1. The second-order valence-corrected chi connectivity index (χ2v) is 10.6. The predicted octanol–water partition coefficient (Wildman–Crippen LogP) is 6.23. The van der Waals surface area contributed by atoms with E-state index >= 15 is 0 Å². The summed E-state index contributed by atoms with van der Waals surface area (Å²) in [5.74, 6) is 0.719. The molecule has 1 saturated carbocycles. The Kier molecular flexibility index (Phi) is 9.04. The summed E-state index contributed by atoms with van der Waals surface area (Å²) in [4.78, 5) is 19.9. The maximum Gasteiger partial charge on any atom is 0.232 e. The summed E-state index contributed by atoms with van der Waals surface area (Å²) in [5.41, 5.74) is 1.02. The fourth-order valence-electron chi connectivity index (χ4n) is 3.35. The fraction of sp³-hybridized carbons (Fsp3) is 0.455. The minimum atomic E-state index is 0.190. The SMILES string of the molecule is CN(CCc1ccccn1)C(=O)CS[C@@H]1CCCC[C@H]1Sc1ccc(Cl)c(Cl)c1. The quantitative estimate of drug-likeness (QED) is 0.459. The van der Waals surface area contributed by atoms with Gasteiger partial charge in [0, 0.05) is 47.3 Å². The van der Waals surface area contributed by atoms with Gasteiger partial charge < -0.3 is 4.90 Å². The monoisotopic (exact) mass is 468 g/mol. The van der Waals surface area contributed by atoms with Crippen LogP contribution < -0.4 is 0 Å². The Hall–Kier alpha value is -0.880. The van der Waals surface area contributed by atoms with Crippen molar-refractivity contribution in [3.63, 3.8) is 0 Å². The molecule has 1 fully saturated rings. The van der Waals surface area contributed by atoms with Crippen LogP contribution in [0.4, 0.5) is 0 Å². The zero-order chi connectivity index (χ0) is 20.6. The van der Waals surface area contributed by atoms with Crippen LogP contribution in [0.3, 0.4) is 0 Å². The topological polar surface area (TPSA) is 33.2 Å². The molecule has 0 unspecified atom stereocenters. The summed E-state index contributed by atoms with van der Waals surface area (Å²) < 4.78 is 0. The predicted molar refractivity (Wildman–Crippen MR) is 126 cm³/mol. The number of hydrogen-bond donors (Lipinski definition) is 0. The third-order valence-corrected chi connectivity index (χ3v) is 8.81. The number of rotatable bonds is 8. The van der Waals surface area contributed by atoms with Gasteiger partial charge in [-0.05, 0) is 43.2 Å². The Morgan fingerprint density at radius 2 is 1.93 bits per heavy atom. The normalized spacial score (nSPS) is 19.1. The molecule has 0 saturated heterocycles. The Labute approximate surface area is 191 Å². The van der Waals surface area contributed by atoms with E-state index in [2.05, 4.69) is 4.98 Å². The van der Waals surface area contributed by atoms with E-state index in [9.17, 15) is 4.79 Å². The number of aromatic nitrogens is 1. The zero-order valence-corrected chi connectivity index (χ0v) is 19.7. The summed E-state index contributed by atoms with van der Waals surface area (Å²) >= 11 is 15.9. The molecule has 2 atom stereocenters. The van der Waals surface area contributed by atoms with E-state index in [-0.39, 0.29) is 5.91 Å². The van der Waals surface area contributed by atoms with E-state index < -0.39 is 0 Å². The summed E-state index contributed by atoms with van der Waals surface area (Å²) in [6.45, 7) is 0.697. The van der Waals surface area contributed by atoms with Crippen LogP contribution in [-0.4, -0.2) is 45.6 Å². The van der Waals surface area contributed by atoms with Crippen molar-refractivity contribution in [2.75, 3.05) is 19.3 Å². The highest BCUT2D eigenvalue weighted by molar-refractivity contribution is 8.04. The van der Waals surface area contributed by atoms with Gasteiger partial charge in [0.15, 0.2) is 0 Å². The van der Waals surface area contributed by atoms with Gasteiger partial charge in [-0.3, -0.25) is 9.78 Å². The van der Waals surface area contributed by atoms with Crippen molar-refractivity contribution in [2.24, 2.45) is 0 Å². The summed E-state index contributed by atoms with van der Waals surface area (Å²) in [6, 6.07) is 11.7. The van der Waals surface area contributed by atoms with Gasteiger partial charge in [-0.25, -0.2) is 0 Å². The van der Waals surface area contributed by atoms with Gasteiger partial charge in [-0.1, -0.05) is 42.1 Å². The molecule has 7 heteroatoms. The number of nitrogens with zero attached hydrogens (tertiary/aromatic N) is 2. The highest BCUT2D eigenvalue weighted by Gasteiger charge is 2.27. The molecule has 3 rings (SSSR count). The lowest BCUT2D eigenvalue weighted by atomic mass is 10.00. The third-order valence-electron chi connectivity index (χ3n) is 5.10. The van der Waals surface area contributed by atoms with E-state index in [1.807, 2.05) is 60.1 Å². The smallest absolute Gasteiger partial charge is 0.232 e. The van der Waals surface area contributed by atoms with Crippen molar-refractivity contribution < 1.29 is 4.79 Å². The average Bonchev–Trinajstić information content (AvgIpc) is 2.74. The van der Waals surface area contributed by atoms with Crippen LogP contribution in [0.5, 0.6) is 0 Å². The standard InChI is InChI=1S/C22H26Cl2N2OS2/c1-26(13-11-16-6-4-5-12-25-16)22(27)15-28-20-7-2-3-8-21(20)29-17-9-10-18(23)19(24)14-17/h4-6,9-10,12,14,20-21H,2-3,7-8,11,13,15H2,1H3/t20-,21-/m1/s1. The number of likely N-dealkylation sites (N-methyl/N-ethyl adjacent to an activating group) is 1. The maximum atomic E-state index is 12.6. The van der Waals surface area contributed by atoms with Crippen molar-refractivity contribution >= 4 is 52.6 Å². The van der Waals surface area contributed by atoms with Gasteiger partial charge in [0.1, 0.15) is 0 Å². The summed E-state index contributed by atoms with van der Waals surface area (Å²) in [5, 5.41) is 2.17. The number of pyridine rings is 1. The molecule has 0 radical (unpaired) electrons. The van der Waals surface area contributed by atoms with Gasteiger partial charge in [0.2, 0.25) is 5.91 Å². The molecular formula is C22H26Cl2N2OS2. The Morgan fingerprint density at radius 3 is 2.66 bits per heavy atom. The van der Waals surface area contributed by atoms with E-state index in [0.717, 1.165) is 23.4 Å². The molecule has 29 heavy (non-hydrogen) atoms. The van der Waals surface area contributed by atoms with Crippen molar-refractivity contribution in [2.45, 2.75) is 47.5 Å². The number of halogens is 2. The van der Waals surface area contributed by atoms with Gasteiger partial charge in [-0.2, -0.15) is 0 Å².